The Hall–Kier alpha value is -3.13. The van der Waals surface area contributed by atoms with Crippen molar-refractivity contribution >= 4 is 27.3 Å². The maximum Gasteiger partial charge on any atom is 0.261 e. The molecular formula is C28H28F2N2O2S. The quantitative estimate of drug-likeness (QED) is 0.283. The van der Waals surface area contributed by atoms with Crippen LogP contribution in [-0.2, 0) is 19.4 Å². The third kappa shape index (κ3) is 6.72. The minimum Gasteiger partial charge on any atom is -0.390 e. The van der Waals surface area contributed by atoms with Crippen molar-refractivity contribution < 1.29 is 18.7 Å². The Kier molecular flexibility index (Phi) is 8.23. The van der Waals surface area contributed by atoms with E-state index in [-0.39, 0.29) is 18.9 Å². The van der Waals surface area contributed by atoms with Gasteiger partial charge in [0.2, 0.25) is 0 Å². The van der Waals surface area contributed by atoms with Crippen molar-refractivity contribution in [2.75, 3.05) is 6.54 Å². The van der Waals surface area contributed by atoms with Gasteiger partial charge in [0.05, 0.1) is 17.0 Å². The van der Waals surface area contributed by atoms with Crippen molar-refractivity contribution in [1.29, 1.82) is 0 Å². The normalized spacial score (nSPS) is 13.0. The minimum atomic E-state index is -0.978. The first kappa shape index (κ1) is 25.0. The second-order valence-electron chi connectivity index (χ2n) is 8.58. The zero-order chi connectivity index (χ0) is 24.8. The highest BCUT2D eigenvalue weighted by molar-refractivity contribution is 7.20. The van der Waals surface area contributed by atoms with Crippen LogP contribution in [0.15, 0.2) is 72.8 Å². The van der Waals surface area contributed by atoms with Crippen LogP contribution in [0, 0.1) is 11.6 Å². The minimum absolute atomic E-state index is 0.0828. The van der Waals surface area contributed by atoms with Gasteiger partial charge in [0.1, 0.15) is 11.6 Å². The van der Waals surface area contributed by atoms with Gasteiger partial charge < -0.3 is 15.7 Å². The maximum atomic E-state index is 13.8. The fourth-order valence-corrected chi connectivity index (χ4v) is 5.03. The lowest BCUT2D eigenvalue weighted by Gasteiger charge is -2.25. The maximum absolute atomic E-state index is 13.8. The number of fused-ring (bicyclic) bond motifs is 1. The molecule has 0 saturated carbocycles. The summed E-state index contributed by atoms with van der Waals surface area (Å²) in [6.45, 7) is 2.84. The molecule has 0 radical (unpaired) electrons. The first-order valence-electron chi connectivity index (χ1n) is 11.6. The Morgan fingerprint density at radius 3 is 2.43 bits per heavy atom. The summed E-state index contributed by atoms with van der Waals surface area (Å²) >= 11 is 1.36. The summed E-state index contributed by atoms with van der Waals surface area (Å²) in [5.41, 5.74) is 2.68. The summed E-state index contributed by atoms with van der Waals surface area (Å²) in [4.78, 5) is 13.6. The standard InChI is InChI=1S/C28H28F2N2O2S/c1-2-18-6-5-7-19(10-18)16-31-17-25(33)24(13-20-11-22(29)15-23(30)12-20)32-28(34)27-14-21-8-3-4-9-26(21)35-27/h3-12,14-15,24-25,31,33H,2,13,16-17H2,1H3,(H,32,34)/t24-,25-/m0/s1. The number of amides is 1. The molecule has 182 valence electrons. The first-order valence-corrected chi connectivity index (χ1v) is 12.4. The Labute approximate surface area is 207 Å². The van der Waals surface area contributed by atoms with Gasteiger partial charge in [-0.3, -0.25) is 4.79 Å². The average molecular weight is 495 g/mol. The molecule has 0 bridgehead atoms. The second kappa shape index (κ2) is 11.5. The molecule has 1 amide bonds. The van der Waals surface area contributed by atoms with Crippen molar-refractivity contribution in [3.05, 3.63) is 106 Å². The van der Waals surface area contributed by atoms with Crippen molar-refractivity contribution in [3.8, 4) is 0 Å². The predicted octanol–water partition coefficient (Wildman–Crippen LogP) is 5.23. The van der Waals surface area contributed by atoms with Gasteiger partial charge in [0.15, 0.2) is 0 Å². The fourth-order valence-electron chi connectivity index (χ4n) is 4.07. The third-order valence-electron chi connectivity index (χ3n) is 5.89. The van der Waals surface area contributed by atoms with E-state index < -0.39 is 23.8 Å². The highest BCUT2D eigenvalue weighted by Crippen LogP contribution is 2.25. The number of halogens is 2. The second-order valence-corrected chi connectivity index (χ2v) is 9.67. The Balaban J connectivity index is 1.47. The van der Waals surface area contributed by atoms with E-state index in [1.807, 2.05) is 36.4 Å². The van der Waals surface area contributed by atoms with Crippen LogP contribution < -0.4 is 10.6 Å². The first-order chi connectivity index (χ1) is 16.9. The van der Waals surface area contributed by atoms with Crippen molar-refractivity contribution in [2.45, 2.75) is 38.5 Å². The molecule has 4 nitrogen and oxygen atoms in total. The monoisotopic (exact) mass is 494 g/mol. The average Bonchev–Trinajstić information content (AvgIpc) is 3.28. The predicted molar refractivity (Wildman–Crippen MR) is 137 cm³/mol. The number of carbonyl (C=O) groups is 1. The van der Waals surface area contributed by atoms with Crippen LogP contribution >= 0.6 is 11.3 Å². The van der Waals surface area contributed by atoms with Gasteiger partial charge >= 0.3 is 0 Å². The largest absolute Gasteiger partial charge is 0.390 e. The van der Waals surface area contributed by atoms with Crippen molar-refractivity contribution in [3.63, 3.8) is 0 Å². The summed E-state index contributed by atoms with van der Waals surface area (Å²) in [5.74, 6) is -1.72. The zero-order valence-corrected chi connectivity index (χ0v) is 20.2. The number of hydrogen-bond acceptors (Lipinski definition) is 4. The molecule has 4 rings (SSSR count). The number of carbonyl (C=O) groups excluding carboxylic acids is 1. The molecule has 1 heterocycles. The van der Waals surface area contributed by atoms with Gasteiger partial charge in [-0.1, -0.05) is 49.4 Å². The number of aryl methyl sites for hydroxylation is 1. The lowest BCUT2D eigenvalue weighted by atomic mass is 10.0. The summed E-state index contributed by atoms with van der Waals surface area (Å²) in [6.07, 6.45) is 0.0421. The van der Waals surface area contributed by atoms with Crippen LogP contribution in [0.25, 0.3) is 10.1 Å². The van der Waals surface area contributed by atoms with Gasteiger partial charge in [-0.25, -0.2) is 8.78 Å². The summed E-state index contributed by atoms with van der Waals surface area (Å²) in [7, 11) is 0. The Morgan fingerprint density at radius 2 is 1.69 bits per heavy atom. The summed E-state index contributed by atoms with van der Waals surface area (Å²) in [5, 5.41) is 18.0. The molecule has 35 heavy (non-hydrogen) atoms. The molecule has 0 fully saturated rings. The number of thiophene rings is 1. The van der Waals surface area contributed by atoms with E-state index in [2.05, 4.69) is 29.7 Å². The molecule has 2 atom stereocenters. The molecule has 0 spiro atoms. The number of rotatable bonds is 10. The van der Waals surface area contributed by atoms with Crippen LogP contribution in [0.3, 0.4) is 0 Å². The zero-order valence-electron chi connectivity index (χ0n) is 19.4. The van der Waals surface area contributed by atoms with Gasteiger partial charge in [-0.05, 0) is 59.2 Å². The van der Waals surface area contributed by atoms with Gasteiger partial charge in [-0.15, -0.1) is 11.3 Å². The van der Waals surface area contributed by atoms with Crippen LogP contribution in [0.4, 0.5) is 8.78 Å². The molecule has 1 aromatic heterocycles. The van der Waals surface area contributed by atoms with Gasteiger partial charge in [0.25, 0.3) is 5.91 Å². The van der Waals surface area contributed by atoms with Crippen LogP contribution in [0.1, 0.15) is 33.3 Å². The van der Waals surface area contributed by atoms with E-state index in [0.29, 0.717) is 17.0 Å². The lowest BCUT2D eigenvalue weighted by molar-refractivity contribution is 0.0833. The van der Waals surface area contributed by atoms with E-state index in [4.69, 9.17) is 0 Å². The van der Waals surface area contributed by atoms with Crippen LogP contribution in [0.5, 0.6) is 0 Å². The highest BCUT2D eigenvalue weighted by atomic mass is 32.1. The SMILES string of the molecule is CCc1cccc(CNC[C@H](O)[C@H](Cc2cc(F)cc(F)c2)NC(=O)c2cc3ccccc3s2)c1. The van der Waals surface area contributed by atoms with Gasteiger partial charge in [0, 0.05) is 23.9 Å². The van der Waals surface area contributed by atoms with Crippen molar-refractivity contribution in [1.82, 2.24) is 10.6 Å². The molecule has 0 aliphatic rings. The number of hydrogen-bond donors (Lipinski definition) is 3. The summed E-state index contributed by atoms with van der Waals surface area (Å²) in [6, 6.07) is 20.2. The summed E-state index contributed by atoms with van der Waals surface area (Å²) < 4.78 is 28.5. The molecule has 0 aliphatic heterocycles. The highest BCUT2D eigenvalue weighted by Gasteiger charge is 2.24. The molecule has 7 heteroatoms. The third-order valence-corrected chi connectivity index (χ3v) is 7.01. The topological polar surface area (TPSA) is 61.4 Å². The molecule has 4 aromatic rings. The van der Waals surface area contributed by atoms with Gasteiger partial charge in [-0.2, -0.15) is 0 Å². The molecular weight excluding hydrogens is 466 g/mol. The molecule has 0 saturated heterocycles. The van der Waals surface area contributed by atoms with E-state index in [0.717, 1.165) is 28.1 Å². The van der Waals surface area contributed by atoms with E-state index in [1.165, 1.54) is 29.0 Å². The Morgan fingerprint density at radius 1 is 0.943 bits per heavy atom. The van der Waals surface area contributed by atoms with Crippen LogP contribution in [-0.4, -0.2) is 29.7 Å². The number of benzene rings is 3. The molecule has 3 N–H and O–H groups in total. The van der Waals surface area contributed by atoms with E-state index in [9.17, 15) is 18.7 Å². The van der Waals surface area contributed by atoms with E-state index in [1.54, 1.807) is 6.07 Å². The number of aliphatic hydroxyl groups excluding tert-OH is 1. The fraction of sp³-hybridized carbons (Fsp3) is 0.250. The van der Waals surface area contributed by atoms with Crippen LogP contribution in [0.2, 0.25) is 0 Å². The van der Waals surface area contributed by atoms with E-state index >= 15 is 0 Å². The number of nitrogens with one attached hydrogen (secondary N) is 2. The smallest absolute Gasteiger partial charge is 0.261 e. The molecule has 0 unspecified atom stereocenters. The molecule has 3 aromatic carbocycles. The number of aliphatic hydroxyl groups is 1. The Bertz CT molecular complexity index is 1250. The molecule has 0 aliphatic carbocycles. The lowest BCUT2D eigenvalue weighted by Crippen LogP contribution is -2.48. The van der Waals surface area contributed by atoms with Crippen molar-refractivity contribution in [2.24, 2.45) is 0 Å².